The third kappa shape index (κ3) is 2.52. The lowest BCUT2D eigenvalue weighted by atomic mass is 10.2. The fraction of sp³-hybridized carbons (Fsp3) is 0.167. The van der Waals surface area contributed by atoms with Gasteiger partial charge in [-0.25, -0.2) is 9.97 Å². The highest BCUT2D eigenvalue weighted by molar-refractivity contribution is 7.99. The third-order valence-corrected chi connectivity index (χ3v) is 3.29. The van der Waals surface area contributed by atoms with Gasteiger partial charge in [-0.3, -0.25) is 0 Å². The summed E-state index contributed by atoms with van der Waals surface area (Å²) >= 11 is 1.60. The highest BCUT2D eigenvalue weighted by Crippen LogP contribution is 2.28. The van der Waals surface area contributed by atoms with E-state index in [4.69, 9.17) is 5.73 Å². The van der Waals surface area contributed by atoms with E-state index in [-0.39, 0.29) is 0 Å². The molecule has 0 saturated carbocycles. The summed E-state index contributed by atoms with van der Waals surface area (Å²) in [4.78, 5) is 9.43. The summed E-state index contributed by atoms with van der Waals surface area (Å²) in [7, 11) is 0. The second-order valence-electron chi connectivity index (χ2n) is 3.65. The second kappa shape index (κ2) is 4.53. The van der Waals surface area contributed by atoms with Crippen LogP contribution in [0.25, 0.3) is 0 Å². The van der Waals surface area contributed by atoms with Gasteiger partial charge in [0.25, 0.3) is 0 Å². The standard InChI is InChI=1S/C12H13N3S/c1-8-3-4-10(9(2)5-8)16-12-7-14-11(13)6-15-12/h3-7H,1-2H3,(H2,13,14). The van der Waals surface area contributed by atoms with Crippen molar-refractivity contribution in [2.75, 3.05) is 5.73 Å². The van der Waals surface area contributed by atoms with Crippen molar-refractivity contribution in [2.24, 2.45) is 0 Å². The van der Waals surface area contributed by atoms with Crippen LogP contribution in [0.3, 0.4) is 0 Å². The lowest BCUT2D eigenvalue weighted by Crippen LogP contribution is -1.91. The second-order valence-corrected chi connectivity index (χ2v) is 4.71. The summed E-state index contributed by atoms with van der Waals surface area (Å²) in [6, 6.07) is 6.36. The highest BCUT2D eigenvalue weighted by Gasteiger charge is 2.02. The predicted octanol–water partition coefficient (Wildman–Crippen LogP) is 2.83. The molecule has 0 unspecified atom stereocenters. The molecule has 2 N–H and O–H groups in total. The molecule has 0 radical (unpaired) electrons. The first-order chi connectivity index (χ1) is 7.65. The van der Waals surface area contributed by atoms with Gasteiger partial charge in [0.05, 0.1) is 12.4 Å². The molecule has 1 aromatic carbocycles. The fourth-order valence-corrected chi connectivity index (χ4v) is 2.20. The molecule has 2 aromatic rings. The van der Waals surface area contributed by atoms with Gasteiger partial charge in [-0.05, 0) is 25.5 Å². The van der Waals surface area contributed by atoms with Crippen LogP contribution in [0.4, 0.5) is 5.82 Å². The minimum Gasteiger partial charge on any atom is -0.382 e. The van der Waals surface area contributed by atoms with E-state index in [9.17, 15) is 0 Å². The number of hydrogen-bond donors (Lipinski definition) is 1. The maximum atomic E-state index is 5.49. The number of benzene rings is 1. The maximum Gasteiger partial charge on any atom is 0.141 e. The van der Waals surface area contributed by atoms with Crippen LogP contribution in [0.5, 0.6) is 0 Å². The fourth-order valence-electron chi connectivity index (χ4n) is 1.41. The van der Waals surface area contributed by atoms with Crippen molar-refractivity contribution in [1.82, 2.24) is 9.97 Å². The van der Waals surface area contributed by atoms with E-state index in [1.165, 1.54) is 16.0 Å². The lowest BCUT2D eigenvalue weighted by Gasteiger charge is -2.05. The van der Waals surface area contributed by atoms with Crippen LogP contribution in [-0.2, 0) is 0 Å². The Morgan fingerprint density at radius 3 is 2.56 bits per heavy atom. The largest absolute Gasteiger partial charge is 0.382 e. The van der Waals surface area contributed by atoms with Crippen molar-refractivity contribution in [3.05, 3.63) is 41.7 Å². The molecule has 16 heavy (non-hydrogen) atoms. The van der Waals surface area contributed by atoms with Crippen molar-refractivity contribution in [3.63, 3.8) is 0 Å². The highest BCUT2D eigenvalue weighted by atomic mass is 32.2. The summed E-state index contributed by atoms with van der Waals surface area (Å²) in [5, 5.41) is 0.862. The van der Waals surface area contributed by atoms with Crippen LogP contribution in [0.1, 0.15) is 11.1 Å². The molecule has 0 aliphatic carbocycles. The molecule has 1 heterocycles. The van der Waals surface area contributed by atoms with Gasteiger partial charge in [0.1, 0.15) is 10.8 Å². The van der Waals surface area contributed by atoms with E-state index in [2.05, 4.69) is 42.0 Å². The van der Waals surface area contributed by atoms with Crippen molar-refractivity contribution in [1.29, 1.82) is 0 Å². The van der Waals surface area contributed by atoms with Crippen molar-refractivity contribution in [2.45, 2.75) is 23.8 Å². The quantitative estimate of drug-likeness (QED) is 0.863. The molecule has 3 nitrogen and oxygen atoms in total. The van der Waals surface area contributed by atoms with E-state index >= 15 is 0 Å². The Kier molecular flexibility index (Phi) is 3.10. The van der Waals surface area contributed by atoms with Gasteiger partial charge in [-0.1, -0.05) is 29.5 Å². The smallest absolute Gasteiger partial charge is 0.141 e. The molecular weight excluding hydrogens is 218 g/mol. The molecule has 0 amide bonds. The van der Waals surface area contributed by atoms with Crippen LogP contribution in [-0.4, -0.2) is 9.97 Å². The topological polar surface area (TPSA) is 51.8 Å². The number of nitrogens with two attached hydrogens (primary N) is 1. The summed E-state index contributed by atoms with van der Waals surface area (Å²) in [6.07, 6.45) is 3.27. The van der Waals surface area contributed by atoms with Crippen LogP contribution >= 0.6 is 11.8 Å². The number of hydrogen-bond acceptors (Lipinski definition) is 4. The SMILES string of the molecule is Cc1ccc(Sc2cnc(N)cn2)c(C)c1. The molecule has 0 aliphatic rings. The van der Waals surface area contributed by atoms with Crippen LogP contribution in [0.15, 0.2) is 40.5 Å². The van der Waals surface area contributed by atoms with E-state index in [0.717, 1.165) is 5.03 Å². The normalized spacial score (nSPS) is 10.4. The first-order valence-electron chi connectivity index (χ1n) is 4.98. The molecule has 4 heteroatoms. The molecule has 82 valence electrons. The lowest BCUT2D eigenvalue weighted by molar-refractivity contribution is 1.06. The van der Waals surface area contributed by atoms with Gasteiger partial charge in [0.2, 0.25) is 0 Å². The van der Waals surface area contributed by atoms with Gasteiger partial charge < -0.3 is 5.73 Å². The van der Waals surface area contributed by atoms with Gasteiger partial charge in [-0.2, -0.15) is 0 Å². The molecule has 2 rings (SSSR count). The monoisotopic (exact) mass is 231 g/mol. The summed E-state index contributed by atoms with van der Waals surface area (Å²) in [5.41, 5.74) is 8.01. The number of aryl methyl sites for hydroxylation is 2. The Labute approximate surface area is 99.1 Å². The number of rotatable bonds is 2. The van der Waals surface area contributed by atoms with E-state index < -0.39 is 0 Å². The summed E-state index contributed by atoms with van der Waals surface area (Å²) in [5.74, 6) is 0.449. The number of nitrogen functional groups attached to an aromatic ring is 1. The summed E-state index contributed by atoms with van der Waals surface area (Å²) in [6.45, 7) is 4.19. The molecule has 0 fully saturated rings. The summed E-state index contributed by atoms with van der Waals surface area (Å²) < 4.78 is 0. The van der Waals surface area contributed by atoms with Crippen molar-refractivity contribution in [3.8, 4) is 0 Å². The van der Waals surface area contributed by atoms with E-state index in [1.807, 2.05) is 0 Å². The predicted molar refractivity (Wildman–Crippen MR) is 66.5 cm³/mol. The first-order valence-corrected chi connectivity index (χ1v) is 5.79. The van der Waals surface area contributed by atoms with Gasteiger partial charge >= 0.3 is 0 Å². The third-order valence-electron chi connectivity index (χ3n) is 2.19. The Morgan fingerprint density at radius 1 is 1.12 bits per heavy atom. The molecule has 0 atom stereocenters. The molecule has 0 spiro atoms. The zero-order valence-electron chi connectivity index (χ0n) is 9.27. The average Bonchev–Trinajstić information content (AvgIpc) is 2.25. The first kappa shape index (κ1) is 11.0. The minimum atomic E-state index is 0.449. The molecule has 1 aromatic heterocycles. The Bertz CT molecular complexity index is 494. The van der Waals surface area contributed by atoms with Crippen LogP contribution in [0.2, 0.25) is 0 Å². The molecule has 0 aliphatic heterocycles. The zero-order chi connectivity index (χ0) is 11.5. The number of anilines is 1. The van der Waals surface area contributed by atoms with Gasteiger partial charge in [-0.15, -0.1) is 0 Å². The van der Waals surface area contributed by atoms with Crippen molar-refractivity contribution >= 4 is 17.6 Å². The Balaban J connectivity index is 2.23. The molecule has 0 bridgehead atoms. The molecule has 0 saturated heterocycles. The molecular formula is C12H13N3S. The van der Waals surface area contributed by atoms with E-state index in [1.54, 1.807) is 24.2 Å². The maximum absolute atomic E-state index is 5.49. The average molecular weight is 231 g/mol. The number of aromatic nitrogens is 2. The van der Waals surface area contributed by atoms with Gasteiger partial charge in [0.15, 0.2) is 0 Å². The van der Waals surface area contributed by atoms with Gasteiger partial charge in [0, 0.05) is 4.90 Å². The van der Waals surface area contributed by atoms with Crippen molar-refractivity contribution < 1.29 is 0 Å². The number of nitrogens with zero attached hydrogens (tertiary/aromatic N) is 2. The Hall–Kier alpha value is -1.55. The minimum absolute atomic E-state index is 0.449. The van der Waals surface area contributed by atoms with Crippen LogP contribution in [0, 0.1) is 13.8 Å². The van der Waals surface area contributed by atoms with E-state index in [0.29, 0.717) is 5.82 Å². The Morgan fingerprint density at radius 2 is 1.94 bits per heavy atom. The van der Waals surface area contributed by atoms with Crippen LogP contribution < -0.4 is 5.73 Å². The zero-order valence-corrected chi connectivity index (χ0v) is 10.1.